The molecule has 0 fully saturated rings. The number of benzene rings is 1. The highest BCUT2D eigenvalue weighted by Crippen LogP contribution is 2.32. The number of nitrogens with zero attached hydrogens (tertiary/aromatic N) is 2. The van der Waals surface area contributed by atoms with Crippen LogP contribution in [0, 0.1) is 20.8 Å². The molecule has 2 heterocycles. The average Bonchev–Trinajstić information content (AvgIpc) is 2.94. The van der Waals surface area contributed by atoms with Gasteiger partial charge in [-0.1, -0.05) is 34.5 Å². The molecule has 0 atom stereocenters. The molecule has 0 spiro atoms. The molecular weight excluding hydrogens is 282 g/mol. The molecule has 2 N–H and O–H groups in total. The highest BCUT2D eigenvalue weighted by Gasteiger charge is 2.14. The molecule has 0 unspecified atom stereocenters. The van der Waals surface area contributed by atoms with E-state index in [1.54, 1.807) is 0 Å². The first-order valence-electron chi connectivity index (χ1n) is 6.77. The van der Waals surface area contributed by atoms with E-state index < -0.39 is 0 Å². The van der Waals surface area contributed by atoms with Crippen LogP contribution in [-0.4, -0.2) is 10.1 Å². The Hall–Kier alpha value is -2.14. The monoisotopic (exact) mass is 299 g/mol. The molecule has 3 rings (SSSR count). The zero-order valence-corrected chi connectivity index (χ0v) is 13.1. The van der Waals surface area contributed by atoms with Crippen LogP contribution in [0.2, 0.25) is 0 Å². The first-order chi connectivity index (χ1) is 10.0. The zero-order valence-electron chi connectivity index (χ0n) is 12.3. The van der Waals surface area contributed by atoms with E-state index in [9.17, 15) is 0 Å². The molecule has 5 heteroatoms. The quantitative estimate of drug-likeness (QED) is 0.796. The molecule has 4 nitrogen and oxygen atoms in total. The number of anilines is 1. The lowest BCUT2D eigenvalue weighted by atomic mass is 10.1. The third kappa shape index (κ3) is 2.97. The minimum absolute atomic E-state index is 0.497. The summed E-state index contributed by atoms with van der Waals surface area (Å²) in [7, 11) is 0. The minimum Gasteiger partial charge on any atom is -0.390 e. The Labute approximate surface area is 127 Å². The summed E-state index contributed by atoms with van der Waals surface area (Å²) in [5.74, 6) is 1.18. The minimum atomic E-state index is 0.497. The lowest BCUT2D eigenvalue weighted by Crippen LogP contribution is -1.93. The summed E-state index contributed by atoms with van der Waals surface area (Å²) in [6, 6.07) is 8.42. The molecule has 0 bridgehead atoms. The summed E-state index contributed by atoms with van der Waals surface area (Å²) in [5.41, 5.74) is 10.5. The van der Waals surface area contributed by atoms with Crippen LogP contribution in [0.15, 0.2) is 28.8 Å². The van der Waals surface area contributed by atoms with Gasteiger partial charge in [-0.2, -0.15) is 4.98 Å². The highest BCUT2D eigenvalue weighted by atomic mass is 32.1. The second-order valence-electron chi connectivity index (χ2n) is 5.32. The van der Waals surface area contributed by atoms with Gasteiger partial charge < -0.3 is 10.3 Å². The van der Waals surface area contributed by atoms with Crippen molar-refractivity contribution in [2.24, 2.45) is 0 Å². The van der Waals surface area contributed by atoms with E-state index in [0.717, 1.165) is 10.4 Å². The SMILES string of the molecule is Cc1cc(C)cc(Cc2noc(-c3cc(C)sc3N)n2)c1. The second kappa shape index (κ2) is 5.33. The smallest absolute Gasteiger partial charge is 0.260 e. The average molecular weight is 299 g/mol. The van der Waals surface area contributed by atoms with E-state index in [1.165, 1.54) is 28.0 Å². The van der Waals surface area contributed by atoms with E-state index in [4.69, 9.17) is 10.3 Å². The highest BCUT2D eigenvalue weighted by molar-refractivity contribution is 7.16. The molecule has 3 aromatic rings. The maximum Gasteiger partial charge on any atom is 0.260 e. The van der Waals surface area contributed by atoms with Crippen molar-refractivity contribution in [2.75, 3.05) is 5.73 Å². The van der Waals surface area contributed by atoms with Gasteiger partial charge >= 0.3 is 0 Å². The fourth-order valence-electron chi connectivity index (χ4n) is 2.49. The van der Waals surface area contributed by atoms with E-state index in [1.807, 2.05) is 13.0 Å². The van der Waals surface area contributed by atoms with Crippen molar-refractivity contribution in [1.82, 2.24) is 10.1 Å². The Morgan fingerprint density at radius 1 is 1.10 bits per heavy atom. The third-order valence-corrected chi connectivity index (χ3v) is 4.11. The summed E-state index contributed by atoms with van der Waals surface area (Å²) < 4.78 is 5.34. The van der Waals surface area contributed by atoms with Crippen LogP contribution in [0.1, 0.15) is 27.4 Å². The fraction of sp³-hybridized carbons (Fsp3) is 0.250. The van der Waals surface area contributed by atoms with Crippen molar-refractivity contribution in [1.29, 1.82) is 0 Å². The van der Waals surface area contributed by atoms with Crippen LogP contribution in [-0.2, 0) is 6.42 Å². The van der Waals surface area contributed by atoms with Crippen LogP contribution < -0.4 is 5.73 Å². The number of aryl methyl sites for hydroxylation is 3. The molecule has 0 aliphatic heterocycles. The lowest BCUT2D eigenvalue weighted by Gasteiger charge is -2.01. The number of aromatic nitrogens is 2. The van der Waals surface area contributed by atoms with E-state index in [-0.39, 0.29) is 0 Å². The first kappa shape index (κ1) is 13.8. The Morgan fingerprint density at radius 2 is 1.81 bits per heavy atom. The Kier molecular flexibility index (Phi) is 3.51. The van der Waals surface area contributed by atoms with E-state index >= 15 is 0 Å². The van der Waals surface area contributed by atoms with E-state index in [0.29, 0.717) is 23.1 Å². The number of hydrogen-bond donors (Lipinski definition) is 1. The molecule has 1 aromatic carbocycles. The number of nitrogen functional groups attached to an aromatic ring is 1. The van der Waals surface area contributed by atoms with Gasteiger partial charge in [0.15, 0.2) is 5.82 Å². The number of rotatable bonds is 3. The lowest BCUT2D eigenvalue weighted by molar-refractivity contribution is 0.424. The fourth-order valence-corrected chi connectivity index (χ4v) is 3.27. The maximum absolute atomic E-state index is 5.97. The Bertz CT molecular complexity index is 768. The van der Waals surface area contributed by atoms with Crippen LogP contribution in [0.4, 0.5) is 5.00 Å². The van der Waals surface area contributed by atoms with Gasteiger partial charge in [0.05, 0.1) is 10.6 Å². The van der Waals surface area contributed by atoms with Crippen molar-refractivity contribution in [3.05, 3.63) is 51.7 Å². The standard InChI is InChI=1S/C16H17N3OS/c1-9-4-10(2)6-12(5-9)8-14-18-16(20-19-14)13-7-11(3)21-15(13)17/h4-7H,8,17H2,1-3H3. The summed E-state index contributed by atoms with van der Waals surface area (Å²) in [6.45, 7) is 6.19. The molecule has 2 aromatic heterocycles. The van der Waals surface area contributed by atoms with Crippen molar-refractivity contribution in [3.8, 4) is 11.5 Å². The van der Waals surface area contributed by atoms with Gasteiger partial charge in [0.2, 0.25) is 0 Å². The van der Waals surface area contributed by atoms with Crippen molar-refractivity contribution in [2.45, 2.75) is 27.2 Å². The number of nitrogens with two attached hydrogens (primary N) is 1. The number of thiophene rings is 1. The summed E-state index contributed by atoms with van der Waals surface area (Å²) in [6.07, 6.45) is 0.662. The zero-order chi connectivity index (χ0) is 15.0. The van der Waals surface area contributed by atoms with Crippen LogP contribution in [0.3, 0.4) is 0 Å². The second-order valence-corrected chi connectivity index (χ2v) is 6.61. The van der Waals surface area contributed by atoms with Crippen LogP contribution >= 0.6 is 11.3 Å². The predicted octanol–water partition coefficient (Wildman–Crippen LogP) is 3.90. The Morgan fingerprint density at radius 3 is 2.43 bits per heavy atom. The molecule has 0 aliphatic carbocycles. The van der Waals surface area contributed by atoms with Gasteiger partial charge in [0.25, 0.3) is 5.89 Å². The number of hydrogen-bond acceptors (Lipinski definition) is 5. The molecule has 0 amide bonds. The summed E-state index contributed by atoms with van der Waals surface area (Å²) in [5, 5.41) is 4.78. The molecule has 21 heavy (non-hydrogen) atoms. The van der Waals surface area contributed by atoms with Gasteiger partial charge in [-0.05, 0) is 32.4 Å². The predicted molar refractivity (Wildman–Crippen MR) is 85.5 cm³/mol. The summed E-state index contributed by atoms with van der Waals surface area (Å²) >= 11 is 1.53. The molecule has 0 radical (unpaired) electrons. The molecule has 0 saturated carbocycles. The van der Waals surface area contributed by atoms with Crippen molar-refractivity contribution < 1.29 is 4.52 Å². The van der Waals surface area contributed by atoms with E-state index in [2.05, 4.69) is 42.2 Å². The van der Waals surface area contributed by atoms with Gasteiger partial charge in [-0.3, -0.25) is 0 Å². The first-order valence-corrected chi connectivity index (χ1v) is 7.59. The topological polar surface area (TPSA) is 64.9 Å². The molecule has 108 valence electrons. The molecule has 0 saturated heterocycles. The normalized spacial score (nSPS) is 11.0. The third-order valence-electron chi connectivity index (χ3n) is 3.23. The van der Waals surface area contributed by atoms with Crippen LogP contribution in [0.5, 0.6) is 0 Å². The van der Waals surface area contributed by atoms with Crippen LogP contribution in [0.25, 0.3) is 11.5 Å². The van der Waals surface area contributed by atoms with Crippen molar-refractivity contribution in [3.63, 3.8) is 0 Å². The van der Waals surface area contributed by atoms with Gasteiger partial charge in [-0.15, -0.1) is 11.3 Å². The molecular formula is C16H17N3OS. The Balaban J connectivity index is 1.87. The van der Waals surface area contributed by atoms with Gasteiger partial charge in [0, 0.05) is 11.3 Å². The maximum atomic E-state index is 5.97. The van der Waals surface area contributed by atoms with Gasteiger partial charge in [-0.25, -0.2) is 0 Å². The molecule has 0 aliphatic rings. The van der Waals surface area contributed by atoms with Crippen molar-refractivity contribution >= 4 is 16.3 Å². The summed E-state index contributed by atoms with van der Waals surface area (Å²) in [4.78, 5) is 5.59. The largest absolute Gasteiger partial charge is 0.390 e. The van der Waals surface area contributed by atoms with Gasteiger partial charge in [0.1, 0.15) is 0 Å².